The van der Waals surface area contributed by atoms with Crippen LogP contribution in [0.15, 0.2) is 24.3 Å². The second kappa shape index (κ2) is 7.11. The minimum atomic E-state index is 0. The number of carbonyl (C=O) groups excluding carboxylic acids is 2. The summed E-state index contributed by atoms with van der Waals surface area (Å²) in [5.74, 6) is 0.384. The molecule has 3 aliphatic rings. The summed E-state index contributed by atoms with van der Waals surface area (Å²) in [6.45, 7) is 1.63. The molecule has 5 nitrogen and oxygen atoms in total. The van der Waals surface area contributed by atoms with Crippen molar-refractivity contribution >= 4 is 29.9 Å². The van der Waals surface area contributed by atoms with Gasteiger partial charge in [-0.2, -0.15) is 0 Å². The summed E-state index contributed by atoms with van der Waals surface area (Å²) in [5.41, 5.74) is 1.47. The second-order valence-corrected chi connectivity index (χ2v) is 7.02. The number of halogens is 1. The third kappa shape index (κ3) is 3.73. The highest BCUT2D eigenvalue weighted by Gasteiger charge is 2.32. The van der Waals surface area contributed by atoms with Crippen LogP contribution in [-0.4, -0.2) is 41.9 Å². The Hall–Kier alpha value is -1.59. The maximum atomic E-state index is 12.7. The molecule has 2 amide bonds. The summed E-state index contributed by atoms with van der Waals surface area (Å²) in [5, 5.41) is 6.50. The maximum Gasteiger partial charge on any atom is 0.253 e. The summed E-state index contributed by atoms with van der Waals surface area (Å²) < 4.78 is 0. The number of nitrogens with one attached hydrogen (secondary N) is 2. The zero-order valence-corrected chi connectivity index (χ0v) is 14.5. The first-order chi connectivity index (χ1) is 11.2. The second-order valence-electron chi connectivity index (χ2n) is 7.02. The summed E-state index contributed by atoms with van der Waals surface area (Å²) in [7, 11) is 0. The molecule has 1 aliphatic carbocycles. The number of hydrogen-bond acceptors (Lipinski definition) is 3. The van der Waals surface area contributed by atoms with Crippen molar-refractivity contribution in [2.45, 2.75) is 44.2 Å². The Kier molecular flexibility index (Phi) is 5.11. The third-order valence-electron chi connectivity index (χ3n) is 5.16. The lowest BCUT2D eigenvalue weighted by Gasteiger charge is -2.24. The molecule has 0 spiro atoms. The maximum absolute atomic E-state index is 12.7. The number of carbonyl (C=O) groups is 2. The Morgan fingerprint density at radius 1 is 1.00 bits per heavy atom. The van der Waals surface area contributed by atoms with Gasteiger partial charge in [0.05, 0.1) is 0 Å². The van der Waals surface area contributed by atoms with Crippen LogP contribution in [0.1, 0.15) is 42.5 Å². The van der Waals surface area contributed by atoms with Crippen LogP contribution in [0.4, 0.5) is 5.69 Å². The van der Waals surface area contributed by atoms with Gasteiger partial charge in [-0.15, -0.1) is 12.4 Å². The number of anilines is 1. The van der Waals surface area contributed by atoms with Crippen LogP contribution in [-0.2, 0) is 4.79 Å². The van der Waals surface area contributed by atoms with Gasteiger partial charge in [-0.05, 0) is 56.4 Å². The molecule has 2 saturated heterocycles. The molecule has 4 rings (SSSR count). The molecule has 1 aromatic carbocycles. The molecule has 1 aromatic rings. The van der Waals surface area contributed by atoms with Gasteiger partial charge in [-0.3, -0.25) is 9.59 Å². The SMILES string of the molecule is Cl.O=C(Nc1ccc(C(=O)N2CCC3CCC(C2)N3)cc1)C1CC1. The van der Waals surface area contributed by atoms with E-state index < -0.39 is 0 Å². The van der Waals surface area contributed by atoms with E-state index in [2.05, 4.69) is 10.6 Å². The predicted octanol–water partition coefficient (Wildman–Crippen LogP) is 2.42. The van der Waals surface area contributed by atoms with E-state index in [9.17, 15) is 9.59 Å². The fourth-order valence-corrected chi connectivity index (χ4v) is 3.60. The van der Waals surface area contributed by atoms with Gasteiger partial charge in [0.25, 0.3) is 5.91 Å². The van der Waals surface area contributed by atoms with Crippen LogP contribution in [0.5, 0.6) is 0 Å². The monoisotopic (exact) mass is 349 g/mol. The Bertz CT molecular complexity index is 615. The van der Waals surface area contributed by atoms with Crippen molar-refractivity contribution in [2.75, 3.05) is 18.4 Å². The minimum Gasteiger partial charge on any atom is -0.337 e. The van der Waals surface area contributed by atoms with Crippen molar-refractivity contribution in [1.29, 1.82) is 0 Å². The van der Waals surface area contributed by atoms with Crippen molar-refractivity contribution in [3.05, 3.63) is 29.8 Å². The Balaban J connectivity index is 0.00000169. The van der Waals surface area contributed by atoms with Crippen LogP contribution in [0.25, 0.3) is 0 Å². The lowest BCUT2D eigenvalue weighted by atomic mass is 10.1. The topological polar surface area (TPSA) is 61.4 Å². The van der Waals surface area contributed by atoms with Crippen molar-refractivity contribution < 1.29 is 9.59 Å². The molecule has 2 N–H and O–H groups in total. The number of likely N-dealkylation sites (tertiary alicyclic amines) is 1. The van der Waals surface area contributed by atoms with Gasteiger partial charge in [0.1, 0.15) is 0 Å². The summed E-state index contributed by atoms with van der Waals surface area (Å²) in [6.07, 6.45) is 5.43. The largest absolute Gasteiger partial charge is 0.337 e. The van der Waals surface area contributed by atoms with Crippen molar-refractivity contribution in [1.82, 2.24) is 10.2 Å². The molecule has 2 aliphatic heterocycles. The van der Waals surface area contributed by atoms with Gasteiger partial charge in [-0.1, -0.05) is 0 Å². The van der Waals surface area contributed by atoms with Crippen molar-refractivity contribution in [3.63, 3.8) is 0 Å². The number of amides is 2. The smallest absolute Gasteiger partial charge is 0.253 e. The van der Waals surface area contributed by atoms with E-state index in [1.165, 1.54) is 12.8 Å². The Morgan fingerprint density at radius 3 is 2.42 bits per heavy atom. The highest BCUT2D eigenvalue weighted by Crippen LogP contribution is 2.30. The van der Waals surface area contributed by atoms with E-state index in [4.69, 9.17) is 0 Å². The number of hydrogen-bond donors (Lipinski definition) is 2. The number of rotatable bonds is 3. The standard InChI is InChI=1S/C18H23N3O2.ClH/c22-17(12-1-2-12)20-14-5-3-13(4-6-14)18(23)21-10-9-15-7-8-16(11-21)19-15;/h3-6,12,15-16,19H,1-2,7-11H2,(H,20,22);1H. The first-order valence-electron chi connectivity index (χ1n) is 8.65. The summed E-state index contributed by atoms with van der Waals surface area (Å²) in [6, 6.07) is 8.33. The molecule has 0 aromatic heterocycles. The molecule has 6 heteroatoms. The molecule has 0 radical (unpaired) electrons. The van der Waals surface area contributed by atoms with Crippen molar-refractivity contribution in [2.24, 2.45) is 5.92 Å². The van der Waals surface area contributed by atoms with E-state index >= 15 is 0 Å². The molecule has 2 atom stereocenters. The van der Waals surface area contributed by atoms with E-state index in [0.717, 1.165) is 38.0 Å². The van der Waals surface area contributed by atoms with Gasteiger partial charge in [0, 0.05) is 42.3 Å². The molecule has 130 valence electrons. The molecular weight excluding hydrogens is 326 g/mol. The molecule has 2 heterocycles. The molecule has 2 bridgehead atoms. The van der Waals surface area contributed by atoms with Crippen LogP contribution < -0.4 is 10.6 Å². The first-order valence-corrected chi connectivity index (χ1v) is 8.65. The molecule has 3 fully saturated rings. The van der Waals surface area contributed by atoms with Gasteiger partial charge < -0.3 is 15.5 Å². The van der Waals surface area contributed by atoms with E-state index in [-0.39, 0.29) is 30.1 Å². The molecular formula is C18H24ClN3O2. The van der Waals surface area contributed by atoms with Gasteiger partial charge in [0.15, 0.2) is 0 Å². The number of benzene rings is 1. The average Bonchev–Trinajstić information content (AvgIpc) is 3.33. The minimum absolute atomic E-state index is 0. The first kappa shape index (κ1) is 17.2. The molecule has 1 saturated carbocycles. The van der Waals surface area contributed by atoms with E-state index in [0.29, 0.717) is 17.6 Å². The van der Waals surface area contributed by atoms with Crippen LogP contribution in [0, 0.1) is 5.92 Å². The summed E-state index contributed by atoms with van der Waals surface area (Å²) in [4.78, 5) is 26.4. The fraction of sp³-hybridized carbons (Fsp3) is 0.556. The summed E-state index contributed by atoms with van der Waals surface area (Å²) >= 11 is 0. The lowest BCUT2D eigenvalue weighted by Crippen LogP contribution is -2.39. The van der Waals surface area contributed by atoms with Crippen molar-refractivity contribution in [3.8, 4) is 0 Å². The lowest BCUT2D eigenvalue weighted by molar-refractivity contribution is -0.117. The van der Waals surface area contributed by atoms with Gasteiger partial charge in [0.2, 0.25) is 5.91 Å². The Morgan fingerprint density at radius 2 is 1.71 bits per heavy atom. The quantitative estimate of drug-likeness (QED) is 0.881. The zero-order valence-electron chi connectivity index (χ0n) is 13.7. The van der Waals surface area contributed by atoms with Crippen LogP contribution in [0.3, 0.4) is 0 Å². The Labute approximate surface area is 148 Å². The van der Waals surface area contributed by atoms with Gasteiger partial charge in [-0.25, -0.2) is 0 Å². The highest BCUT2D eigenvalue weighted by molar-refractivity contribution is 5.96. The molecule has 2 unspecified atom stereocenters. The highest BCUT2D eigenvalue weighted by atomic mass is 35.5. The zero-order chi connectivity index (χ0) is 15.8. The van der Waals surface area contributed by atoms with Crippen LogP contribution >= 0.6 is 12.4 Å². The van der Waals surface area contributed by atoms with Gasteiger partial charge >= 0.3 is 0 Å². The molecule has 24 heavy (non-hydrogen) atoms. The number of fused-ring (bicyclic) bond motifs is 2. The van der Waals surface area contributed by atoms with Crippen LogP contribution in [0.2, 0.25) is 0 Å². The fourth-order valence-electron chi connectivity index (χ4n) is 3.60. The van der Waals surface area contributed by atoms with E-state index in [1.54, 1.807) is 0 Å². The third-order valence-corrected chi connectivity index (χ3v) is 5.16. The van der Waals surface area contributed by atoms with E-state index in [1.807, 2.05) is 29.2 Å². The normalized spacial score (nSPS) is 25.6. The number of nitrogens with zero attached hydrogens (tertiary/aromatic N) is 1. The average molecular weight is 350 g/mol. The predicted molar refractivity (Wildman–Crippen MR) is 95.5 cm³/mol.